The molecule has 2 aromatic rings. The Morgan fingerprint density at radius 1 is 1.07 bits per heavy atom. The van der Waals surface area contributed by atoms with Crippen LogP contribution in [0.15, 0.2) is 30.3 Å². The van der Waals surface area contributed by atoms with Crippen molar-refractivity contribution in [2.24, 2.45) is 0 Å². The van der Waals surface area contributed by atoms with Gasteiger partial charge in [0.05, 0.1) is 10.7 Å². The number of halogens is 2. The van der Waals surface area contributed by atoms with Gasteiger partial charge in [-0.3, -0.25) is 9.59 Å². The number of nitrogens with one attached hydrogen (secondary N) is 2. The van der Waals surface area contributed by atoms with Crippen LogP contribution in [0.4, 0.5) is 11.4 Å². The first-order valence-electron chi connectivity index (χ1n) is 8.47. The topological polar surface area (TPSA) is 67.4 Å². The van der Waals surface area contributed by atoms with Gasteiger partial charge in [-0.15, -0.1) is 0 Å². The van der Waals surface area contributed by atoms with E-state index in [2.05, 4.69) is 10.6 Å². The van der Waals surface area contributed by atoms with E-state index in [1.165, 1.54) is 6.92 Å². The van der Waals surface area contributed by atoms with E-state index in [4.69, 9.17) is 27.9 Å². The number of rotatable bonds is 6. The van der Waals surface area contributed by atoms with Crippen LogP contribution in [0.3, 0.4) is 0 Å². The van der Waals surface area contributed by atoms with Gasteiger partial charge < -0.3 is 15.4 Å². The van der Waals surface area contributed by atoms with Gasteiger partial charge in [-0.25, -0.2) is 0 Å². The molecule has 2 amide bonds. The highest BCUT2D eigenvalue weighted by molar-refractivity contribution is 6.34. The number of amides is 2. The largest absolute Gasteiger partial charge is 0.483 e. The SMILES string of the molecule is CC(=O)Nc1ccc(NC(=O)COc2cc(C)c(Cl)cc2C(C)C)c(Cl)c1. The first-order valence-corrected chi connectivity index (χ1v) is 9.22. The summed E-state index contributed by atoms with van der Waals surface area (Å²) in [5, 5.41) is 6.32. The van der Waals surface area contributed by atoms with Gasteiger partial charge in [-0.1, -0.05) is 37.0 Å². The van der Waals surface area contributed by atoms with E-state index in [0.717, 1.165) is 11.1 Å². The Balaban J connectivity index is 2.05. The van der Waals surface area contributed by atoms with E-state index < -0.39 is 0 Å². The van der Waals surface area contributed by atoms with Crippen LogP contribution in [0.2, 0.25) is 10.0 Å². The standard InChI is InChI=1S/C20H22Cl2N2O3/c1-11(2)15-9-16(21)12(3)7-19(15)27-10-20(26)24-18-6-5-14(8-17(18)22)23-13(4)25/h5-9,11H,10H2,1-4H3,(H,23,25)(H,24,26). The van der Waals surface area contributed by atoms with Crippen molar-refractivity contribution in [1.82, 2.24) is 0 Å². The van der Waals surface area contributed by atoms with Gasteiger partial charge >= 0.3 is 0 Å². The fourth-order valence-corrected chi connectivity index (χ4v) is 2.87. The average Bonchev–Trinajstić information content (AvgIpc) is 2.57. The summed E-state index contributed by atoms with van der Waals surface area (Å²) in [5.74, 6) is 0.299. The Bertz CT molecular complexity index is 867. The molecule has 2 aromatic carbocycles. The number of carbonyl (C=O) groups is 2. The summed E-state index contributed by atoms with van der Waals surface area (Å²) in [6.07, 6.45) is 0. The molecule has 0 bridgehead atoms. The fraction of sp³-hybridized carbons (Fsp3) is 0.300. The molecule has 0 saturated carbocycles. The molecule has 0 heterocycles. The molecule has 0 radical (unpaired) electrons. The highest BCUT2D eigenvalue weighted by Crippen LogP contribution is 2.32. The Labute approximate surface area is 169 Å². The van der Waals surface area contributed by atoms with E-state index >= 15 is 0 Å². The zero-order chi connectivity index (χ0) is 20.1. The molecule has 2 rings (SSSR count). The maximum absolute atomic E-state index is 12.2. The minimum absolute atomic E-state index is 0.162. The number of carbonyl (C=O) groups excluding carboxylic acids is 2. The van der Waals surface area contributed by atoms with Crippen LogP contribution in [0.5, 0.6) is 5.75 Å². The molecule has 0 aliphatic carbocycles. The van der Waals surface area contributed by atoms with Crippen molar-refractivity contribution in [3.8, 4) is 5.75 Å². The zero-order valence-corrected chi connectivity index (χ0v) is 17.2. The molecular formula is C20H22Cl2N2O3. The maximum atomic E-state index is 12.2. The molecule has 5 nitrogen and oxygen atoms in total. The Morgan fingerprint density at radius 2 is 1.78 bits per heavy atom. The molecule has 0 aromatic heterocycles. The Morgan fingerprint density at radius 3 is 2.37 bits per heavy atom. The minimum Gasteiger partial charge on any atom is -0.483 e. The number of ether oxygens (including phenoxy) is 1. The second-order valence-electron chi connectivity index (χ2n) is 6.51. The Kier molecular flexibility index (Phi) is 7.11. The van der Waals surface area contributed by atoms with Crippen LogP contribution in [-0.2, 0) is 9.59 Å². The molecule has 27 heavy (non-hydrogen) atoms. The van der Waals surface area contributed by atoms with Crippen LogP contribution in [0.1, 0.15) is 37.8 Å². The van der Waals surface area contributed by atoms with E-state index in [9.17, 15) is 9.59 Å². The van der Waals surface area contributed by atoms with Crippen LogP contribution >= 0.6 is 23.2 Å². The summed E-state index contributed by atoms with van der Waals surface area (Å²) >= 11 is 12.3. The van der Waals surface area contributed by atoms with E-state index in [1.807, 2.05) is 32.9 Å². The monoisotopic (exact) mass is 408 g/mol. The van der Waals surface area contributed by atoms with Crippen molar-refractivity contribution in [1.29, 1.82) is 0 Å². The second kappa shape index (κ2) is 9.11. The average molecular weight is 409 g/mol. The van der Waals surface area contributed by atoms with Crippen LogP contribution in [0.25, 0.3) is 0 Å². The lowest BCUT2D eigenvalue weighted by Gasteiger charge is -2.16. The van der Waals surface area contributed by atoms with Crippen molar-refractivity contribution in [3.05, 3.63) is 51.5 Å². The second-order valence-corrected chi connectivity index (χ2v) is 7.32. The van der Waals surface area contributed by atoms with Crippen molar-refractivity contribution >= 4 is 46.4 Å². The van der Waals surface area contributed by atoms with Crippen LogP contribution in [-0.4, -0.2) is 18.4 Å². The summed E-state index contributed by atoms with van der Waals surface area (Å²) in [6, 6.07) is 8.55. The van der Waals surface area contributed by atoms with Crippen LogP contribution in [0, 0.1) is 6.92 Å². The molecular weight excluding hydrogens is 387 g/mol. The minimum atomic E-state index is -0.341. The molecule has 0 spiro atoms. The summed E-state index contributed by atoms with van der Waals surface area (Å²) in [7, 11) is 0. The number of aryl methyl sites for hydroxylation is 1. The molecule has 7 heteroatoms. The molecule has 0 saturated heterocycles. The predicted octanol–water partition coefficient (Wildman–Crippen LogP) is 5.40. The lowest BCUT2D eigenvalue weighted by atomic mass is 10.0. The third-order valence-corrected chi connectivity index (χ3v) is 4.56. The van der Waals surface area contributed by atoms with Gasteiger partial charge in [-0.2, -0.15) is 0 Å². The summed E-state index contributed by atoms with van der Waals surface area (Å²) < 4.78 is 5.71. The number of anilines is 2. The maximum Gasteiger partial charge on any atom is 0.262 e. The highest BCUT2D eigenvalue weighted by atomic mass is 35.5. The lowest BCUT2D eigenvalue weighted by molar-refractivity contribution is -0.118. The summed E-state index contributed by atoms with van der Waals surface area (Å²) in [4.78, 5) is 23.3. The molecule has 0 atom stereocenters. The normalized spacial score (nSPS) is 10.6. The first-order chi connectivity index (χ1) is 12.7. The van der Waals surface area contributed by atoms with E-state index in [1.54, 1.807) is 18.2 Å². The van der Waals surface area contributed by atoms with Gasteiger partial charge in [-0.05, 0) is 54.3 Å². The third-order valence-electron chi connectivity index (χ3n) is 3.84. The first kappa shape index (κ1) is 21.1. The summed E-state index contributed by atoms with van der Waals surface area (Å²) in [5.41, 5.74) is 2.82. The van der Waals surface area contributed by atoms with Crippen molar-refractivity contribution < 1.29 is 14.3 Å². The van der Waals surface area contributed by atoms with Gasteiger partial charge in [0.1, 0.15) is 5.75 Å². The quantitative estimate of drug-likeness (QED) is 0.671. The van der Waals surface area contributed by atoms with Gasteiger partial charge in [0.25, 0.3) is 5.91 Å². The van der Waals surface area contributed by atoms with Crippen molar-refractivity contribution in [2.75, 3.05) is 17.2 Å². The highest BCUT2D eigenvalue weighted by Gasteiger charge is 2.13. The number of hydrogen-bond donors (Lipinski definition) is 2. The third kappa shape index (κ3) is 5.88. The molecule has 0 unspecified atom stereocenters. The fourth-order valence-electron chi connectivity index (χ4n) is 2.47. The smallest absolute Gasteiger partial charge is 0.262 e. The van der Waals surface area contributed by atoms with Gasteiger partial charge in [0.2, 0.25) is 5.91 Å². The lowest BCUT2D eigenvalue weighted by Crippen LogP contribution is -2.21. The molecule has 0 aliphatic rings. The van der Waals surface area contributed by atoms with E-state index in [-0.39, 0.29) is 24.3 Å². The molecule has 0 aliphatic heterocycles. The predicted molar refractivity (Wildman–Crippen MR) is 110 cm³/mol. The van der Waals surface area contributed by atoms with E-state index in [0.29, 0.717) is 27.2 Å². The van der Waals surface area contributed by atoms with Crippen molar-refractivity contribution in [3.63, 3.8) is 0 Å². The number of hydrogen-bond acceptors (Lipinski definition) is 3. The molecule has 0 fully saturated rings. The number of benzene rings is 2. The molecule has 144 valence electrons. The zero-order valence-electron chi connectivity index (χ0n) is 15.7. The molecule has 2 N–H and O–H groups in total. The Hall–Kier alpha value is -2.24. The summed E-state index contributed by atoms with van der Waals surface area (Å²) in [6.45, 7) is 7.19. The van der Waals surface area contributed by atoms with Gasteiger partial charge in [0.15, 0.2) is 6.61 Å². The van der Waals surface area contributed by atoms with Gasteiger partial charge in [0, 0.05) is 17.6 Å². The van der Waals surface area contributed by atoms with Crippen LogP contribution < -0.4 is 15.4 Å². The van der Waals surface area contributed by atoms with Crippen molar-refractivity contribution in [2.45, 2.75) is 33.6 Å².